The van der Waals surface area contributed by atoms with Gasteiger partial charge in [0.15, 0.2) is 0 Å². The summed E-state index contributed by atoms with van der Waals surface area (Å²) in [7, 11) is 1.72. The Bertz CT molecular complexity index is 508. The normalized spacial score (nSPS) is 31.0. The molecular formula is C17H25NO2S. The summed E-state index contributed by atoms with van der Waals surface area (Å²) in [6, 6.07) is 6.57. The first-order valence-electron chi connectivity index (χ1n) is 7.88. The highest BCUT2D eigenvalue weighted by atomic mass is 32.2. The van der Waals surface area contributed by atoms with Gasteiger partial charge in [-0.3, -0.25) is 0 Å². The van der Waals surface area contributed by atoms with Crippen molar-refractivity contribution in [2.75, 3.05) is 19.4 Å². The van der Waals surface area contributed by atoms with E-state index >= 15 is 0 Å². The molecular weight excluding hydrogens is 282 g/mol. The maximum Gasteiger partial charge on any atom is 0.125 e. The van der Waals surface area contributed by atoms with Crippen LogP contribution in [0.4, 0.5) is 0 Å². The van der Waals surface area contributed by atoms with Crippen LogP contribution in [-0.4, -0.2) is 30.3 Å². The van der Waals surface area contributed by atoms with Gasteiger partial charge < -0.3 is 14.8 Å². The van der Waals surface area contributed by atoms with Crippen LogP contribution in [-0.2, 0) is 0 Å². The highest BCUT2D eigenvalue weighted by molar-refractivity contribution is 8.00. The molecule has 1 fully saturated rings. The van der Waals surface area contributed by atoms with E-state index in [0.717, 1.165) is 43.1 Å². The lowest BCUT2D eigenvalue weighted by atomic mass is 9.85. The number of hydrogen-bond acceptors (Lipinski definition) is 4. The number of ether oxygens (including phenoxy) is 2. The zero-order valence-corrected chi connectivity index (χ0v) is 14.0. The summed E-state index contributed by atoms with van der Waals surface area (Å²) >= 11 is 2.03. The first-order chi connectivity index (χ1) is 10.2. The summed E-state index contributed by atoms with van der Waals surface area (Å²) in [6.07, 6.45) is 3.35. The van der Waals surface area contributed by atoms with E-state index in [9.17, 15) is 0 Å². The van der Waals surface area contributed by atoms with Crippen molar-refractivity contribution in [2.24, 2.45) is 0 Å². The van der Waals surface area contributed by atoms with Crippen molar-refractivity contribution in [3.05, 3.63) is 23.8 Å². The topological polar surface area (TPSA) is 30.5 Å². The molecule has 0 bridgehead atoms. The zero-order valence-electron chi connectivity index (χ0n) is 13.1. The van der Waals surface area contributed by atoms with Crippen molar-refractivity contribution in [1.29, 1.82) is 0 Å². The summed E-state index contributed by atoms with van der Waals surface area (Å²) in [4.78, 5) is 0. The minimum absolute atomic E-state index is 0.0110. The molecule has 1 N–H and O–H groups in total. The van der Waals surface area contributed by atoms with Crippen molar-refractivity contribution >= 4 is 11.8 Å². The van der Waals surface area contributed by atoms with Gasteiger partial charge in [-0.25, -0.2) is 0 Å². The van der Waals surface area contributed by atoms with Crippen LogP contribution in [0.5, 0.6) is 11.5 Å². The van der Waals surface area contributed by atoms with E-state index in [1.165, 1.54) is 5.56 Å². The minimum Gasteiger partial charge on any atom is -0.497 e. The van der Waals surface area contributed by atoms with Crippen LogP contribution in [0, 0.1) is 0 Å². The van der Waals surface area contributed by atoms with Gasteiger partial charge in [-0.15, -0.1) is 0 Å². The molecule has 4 heteroatoms. The number of rotatable bonds is 4. The number of benzene rings is 1. The highest BCUT2D eigenvalue weighted by Gasteiger charge is 2.45. The Morgan fingerprint density at radius 1 is 1.43 bits per heavy atom. The van der Waals surface area contributed by atoms with Gasteiger partial charge in [0.25, 0.3) is 0 Å². The maximum atomic E-state index is 6.44. The van der Waals surface area contributed by atoms with Crippen LogP contribution in [0.25, 0.3) is 0 Å². The molecule has 0 aromatic heterocycles. The summed E-state index contributed by atoms with van der Waals surface area (Å²) in [5.41, 5.74) is 1.26. The Morgan fingerprint density at radius 3 is 2.95 bits per heavy atom. The molecule has 3 nitrogen and oxygen atoms in total. The summed E-state index contributed by atoms with van der Waals surface area (Å²) in [5, 5.41) is 4.39. The lowest BCUT2D eigenvalue weighted by Crippen LogP contribution is -2.44. The molecule has 3 unspecified atom stereocenters. The first-order valence-corrected chi connectivity index (χ1v) is 8.92. The number of thioether (sulfide) groups is 1. The van der Waals surface area contributed by atoms with E-state index in [0.29, 0.717) is 11.3 Å². The number of hydrogen-bond donors (Lipinski definition) is 1. The molecule has 1 saturated heterocycles. The molecule has 116 valence electrons. The van der Waals surface area contributed by atoms with Gasteiger partial charge in [-0.1, -0.05) is 13.8 Å². The largest absolute Gasteiger partial charge is 0.497 e. The molecule has 3 atom stereocenters. The molecule has 0 saturated carbocycles. The summed E-state index contributed by atoms with van der Waals surface area (Å²) in [6.45, 7) is 5.56. The van der Waals surface area contributed by atoms with Crippen LogP contribution in [0.2, 0.25) is 0 Å². The van der Waals surface area contributed by atoms with E-state index in [1.54, 1.807) is 7.11 Å². The van der Waals surface area contributed by atoms with Crippen LogP contribution in [0.1, 0.15) is 44.7 Å². The van der Waals surface area contributed by atoms with Gasteiger partial charge in [0.2, 0.25) is 0 Å². The van der Waals surface area contributed by atoms with Gasteiger partial charge >= 0.3 is 0 Å². The Labute approximate surface area is 131 Å². The Kier molecular flexibility index (Phi) is 4.36. The van der Waals surface area contributed by atoms with Crippen LogP contribution >= 0.6 is 11.8 Å². The Hall–Kier alpha value is -0.870. The van der Waals surface area contributed by atoms with Gasteiger partial charge in [-0.05, 0) is 37.6 Å². The van der Waals surface area contributed by atoms with E-state index in [4.69, 9.17) is 9.47 Å². The van der Waals surface area contributed by atoms with Crippen LogP contribution in [0.15, 0.2) is 18.2 Å². The van der Waals surface area contributed by atoms with Crippen LogP contribution < -0.4 is 14.8 Å². The second-order valence-corrected chi connectivity index (χ2v) is 7.65. The molecule has 0 aliphatic carbocycles. The summed E-state index contributed by atoms with van der Waals surface area (Å²) < 4.78 is 11.8. The van der Waals surface area contributed by atoms with Gasteiger partial charge in [0.1, 0.15) is 17.1 Å². The average molecular weight is 307 g/mol. The second kappa shape index (κ2) is 6.09. The molecule has 1 spiro atoms. The van der Waals surface area contributed by atoms with Crippen molar-refractivity contribution in [3.63, 3.8) is 0 Å². The number of nitrogens with one attached hydrogen (secondary N) is 1. The van der Waals surface area contributed by atoms with Crippen molar-refractivity contribution in [1.82, 2.24) is 5.32 Å². The SMILES string of the molecule is CCCNC1CC2(CSC(C)C2)Oc2ccc(OC)cc21. The van der Waals surface area contributed by atoms with E-state index in [2.05, 4.69) is 31.3 Å². The van der Waals surface area contributed by atoms with Gasteiger partial charge in [0, 0.05) is 29.0 Å². The van der Waals surface area contributed by atoms with Crippen molar-refractivity contribution in [2.45, 2.75) is 50.0 Å². The molecule has 2 aliphatic rings. The van der Waals surface area contributed by atoms with Crippen LogP contribution in [0.3, 0.4) is 0 Å². The van der Waals surface area contributed by atoms with Crippen molar-refractivity contribution in [3.8, 4) is 11.5 Å². The predicted molar refractivity (Wildman–Crippen MR) is 88.5 cm³/mol. The number of methoxy groups -OCH3 is 1. The highest BCUT2D eigenvalue weighted by Crippen LogP contribution is 2.48. The fraction of sp³-hybridized carbons (Fsp3) is 0.647. The fourth-order valence-electron chi connectivity index (χ4n) is 3.43. The lowest BCUT2D eigenvalue weighted by Gasteiger charge is -2.40. The maximum absolute atomic E-state index is 6.44. The van der Waals surface area contributed by atoms with Crippen molar-refractivity contribution < 1.29 is 9.47 Å². The number of fused-ring (bicyclic) bond motifs is 1. The quantitative estimate of drug-likeness (QED) is 0.917. The average Bonchev–Trinajstić information content (AvgIpc) is 2.84. The third-order valence-electron chi connectivity index (χ3n) is 4.43. The molecule has 2 aliphatic heterocycles. The molecule has 0 amide bonds. The standard InChI is InChI=1S/C17H25NO2S/c1-4-7-18-15-10-17(9-12(2)21-11-17)20-16-6-5-13(19-3)8-14(15)16/h5-6,8,12,15,18H,4,7,9-11H2,1-3H3. The Balaban J connectivity index is 1.91. The molecule has 0 radical (unpaired) electrons. The smallest absolute Gasteiger partial charge is 0.125 e. The lowest BCUT2D eigenvalue weighted by molar-refractivity contribution is 0.0512. The van der Waals surface area contributed by atoms with E-state index in [-0.39, 0.29) is 5.60 Å². The third-order valence-corrected chi connectivity index (χ3v) is 5.85. The van der Waals surface area contributed by atoms with Gasteiger partial charge in [-0.2, -0.15) is 11.8 Å². The third kappa shape index (κ3) is 3.02. The Morgan fingerprint density at radius 2 is 2.29 bits per heavy atom. The van der Waals surface area contributed by atoms with E-state index in [1.807, 2.05) is 17.8 Å². The first kappa shape index (κ1) is 15.0. The molecule has 3 rings (SSSR count). The molecule has 1 aromatic carbocycles. The zero-order chi connectivity index (χ0) is 14.9. The summed E-state index contributed by atoms with van der Waals surface area (Å²) in [5.74, 6) is 3.04. The predicted octanol–water partition coefficient (Wildman–Crippen LogP) is 3.78. The second-order valence-electron chi connectivity index (χ2n) is 6.23. The molecule has 21 heavy (non-hydrogen) atoms. The fourth-order valence-corrected chi connectivity index (χ4v) is 4.73. The molecule has 2 heterocycles. The molecule has 1 aromatic rings. The van der Waals surface area contributed by atoms with Gasteiger partial charge in [0.05, 0.1) is 7.11 Å². The minimum atomic E-state index is 0.0110. The van der Waals surface area contributed by atoms with E-state index < -0.39 is 0 Å². The monoisotopic (exact) mass is 307 g/mol.